The molecular formula is C21H32N2O4. The van der Waals surface area contributed by atoms with Crippen molar-refractivity contribution in [1.29, 1.82) is 0 Å². The van der Waals surface area contributed by atoms with Crippen molar-refractivity contribution in [1.82, 2.24) is 5.32 Å². The molecule has 0 bridgehead atoms. The molecule has 1 saturated carbocycles. The first-order chi connectivity index (χ1) is 12.7. The lowest BCUT2D eigenvalue weighted by Gasteiger charge is -2.30. The summed E-state index contributed by atoms with van der Waals surface area (Å²) in [6.07, 6.45) is 4.47. The molecule has 0 aromatic heterocycles. The Bertz CT molecular complexity index is 659. The van der Waals surface area contributed by atoms with Crippen LogP contribution >= 0.6 is 0 Å². The van der Waals surface area contributed by atoms with E-state index in [9.17, 15) is 9.59 Å². The molecule has 3 N–H and O–H groups in total. The molecule has 1 fully saturated rings. The van der Waals surface area contributed by atoms with Gasteiger partial charge in [-0.25, -0.2) is 9.59 Å². The van der Waals surface area contributed by atoms with Crippen LogP contribution in [-0.2, 0) is 15.9 Å². The van der Waals surface area contributed by atoms with Crippen LogP contribution in [0.2, 0.25) is 0 Å². The number of benzene rings is 1. The minimum atomic E-state index is -0.478. The number of carbonyl (C=O) groups is 2. The fraction of sp³-hybridized carbons (Fsp3) is 0.619. The zero-order valence-electron chi connectivity index (χ0n) is 16.8. The van der Waals surface area contributed by atoms with Crippen molar-refractivity contribution >= 4 is 17.7 Å². The fourth-order valence-electron chi connectivity index (χ4n) is 3.42. The molecule has 0 saturated heterocycles. The van der Waals surface area contributed by atoms with E-state index in [-0.39, 0.29) is 18.1 Å². The molecule has 0 aliphatic heterocycles. The summed E-state index contributed by atoms with van der Waals surface area (Å²) < 4.78 is 10.3. The zero-order valence-corrected chi connectivity index (χ0v) is 16.8. The number of anilines is 1. The number of rotatable bonds is 5. The lowest BCUT2D eigenvalue weighted by atomic mass is 9.82. The van der Waals surface area contributed by atoms with Crippen molar-refractivity contribution in [3.63, 3.8) is 0 Å². The second-order valence-electron chi connectivity index (χ2n) is 8.20. The third kappa shape index (κ3) is 6.77. The second-order valence-corrected chi connectivity index (χ2v) is 8.20. The van der Waals surface area contributed by atoms with Crippen molar-refractivity contribution < 1.29 is 19.1 Å². The van der Waals surface area contributed by atoms with Gasteiger partial charge in [-0.05, 0) is 83.4 Å². The number of hydrogen-bond acceptors (Lipinski definition) is 5. The number of esters is 1. The summed E-state index contributed by atoms with van der Waals surface area (Å²) >= 11 is 0. The van der Waals surface area contributed by atoms with Gasteiger partial charge in [0.2, 0.25) is 0 Å². The quantitative estimate of drug-likeness (QED) is 0.597. The Morgan fingerprint density at radius 2 is 1.85 bits per heavy atom. The van der Waals surface area contributed by atoms with Gasteiger partial charge >= 0.3 is 12.1 Å². The van der Waals surface area contributed by atoms with Crippen LogP contribution in [0.15, 0.2) is 18.2 Å². The maximum atomic E-state index is 11.9. The minimum absolute atomic E-state index is 0.166. The van der Waals surface area contributed by atoms with Crippen LogP contribution in [0.25, 0.3) is 0 Å². The van der Waals surface area contributed by atoms with Crippen LogP contribution in [0.4, 0.5) is 10.5 Å². The van der Waals surface area contributed by atoms with Crippen molar-refractivity contribution in [3.8, 4) is 0 Å². The second kappa shape index (κ2) is 9.11. The molecule has 0 spiro atoms. The molecule has 150 valence electrons. The average Bonchev–Trinajstić information content (AvgIpc) is 2.57. The molecule has 2 rings (SSSR count). The first kappa shape index (κ1) is 21.1. The number of nitrogen functional groups attached to an aromatic ring is 1. The Morgan fingerprint density at radius 3 is 2.41 bits per heavy atom. The van der Waals surface area contributed by atoms with Gasteiger partial charge in [-0.3, -0.25) is 0 Å². The molecule has 6 nitrogen and oxygen atoms in total. The molecule has 6 heteroatoms. The van der Waals surface area contributed by atoms with Crippen LogP contribution in [-0.4, -0.2) is 30.3 Å². The highest BCUT2D eigenvalue weighted by molar-refractivity contribution is 5.90. The van der Waals surface area contributed by atoms with Crippen LogP contribution in [0.1, 0.15) is 69.3 Å². The lowest BCUT2D eigenvalue weighted by Crippen LogP contribution is -2.41. The van der Waals surface area contributed by atoms with E-state index in [0.717, 1.165) is 37.7 Å². The van der Waals surface area contributed by atoms with E-state index in [1.54, 1.807) is 19.1 Å². The molecule has 0 unspecified atom stereocenters. The van der Waals surface area contributed by atoms with Crippen LogP contribution in [0.3, 0.4) is 0 Å². The predicted octanol–water partition coefficient (Wildman–Crippen LogP) is 4.07. The van der Waals surface area contributed by atoms with Crippen LogP contribution in [0, 0.1) is 5.92 Å². The van der Waals surface area contributed by atoms with Crippen molar-refractivity contribution in [3.05, 3.63) is 29.3 Å². The van der Waals surface area contributed by atoms with E-state index in [0.29, 0.717) is 23.8 Å². The molecule has 1 aliphatic rings. The number of nitrogens with one attached hydrogen (secondary N) is 1. The summed E-state index contributed by atoms with van der Waals surface area (Å²) in [6, 6.07) is 5.56. The van der Waals surface area contributed by atoms with Gasteiger partial charge in [0.1, 0.15) is 5.60 Å². The molecule has 0 atom stereocenters. The third-order valence-electron chi connectivity index (χ3n) is 4.73. The largest absolute Gasteiger partial charge is 0.462 e. The molecule has 0 radical (unpaired) electrons. The smallest absolute Gasteiger partial charge is 0.407 e. The predicted molar refractivity (Wildman–Crippen MR) is 106 cm³/mol. The lowest BCUT2D eigenvalue weighted by molar-refractivity contribution is 0.0484. The summed E-state index contributed by atoms with van der Waals surface area (Å²) in [7, 11) is 0. The summed E-state index contributed by atoms with van der Waals surface area (Å²) in [6.45, 7) is 7.72. The van der Waals surface area contributed by atoms with Gasteiger partial charge in [0.25, 0.3) is 0 Å². The first-order valence-electron chi connectivity index (χ1n) is 9.73. The number of alkyl carbamates (subject to hydrolysis) is 1. The van der Waals surface area contributed by atoms with Crippen molar-refractivity contribution in [2.75, 3.05) is 12.3 Å². The number of hydrogen-bond donors (Lipinski definition) is 2. The van der Waals surface area contributed by atoms with E-state index in [1.807, 2.05) is 26.8 Å². The molecule has 1 aromatic carbocycles. The van der Waals surface area contributed by atoms with Crippen LogP contribution < -0.4 is 11.1 Å². The topological polar surface area (TPSA) is 90.6 Å². The average molecular weight is 376 g/mol. The maximum absolute atomic E-state index is 11.9. The number of carbonyl (C=O) groups excluding carboxylic acids is 2. The molecule has 0 heterocycles. The standard InChI is InChI=1S/C21H32N2O4/c1-5-26-19(24)16-9-8-15(18(22)13-16)12-14-6-10-17(11-7-14)23-20(25)27-21(2,3)4/h8-9,13-14,17H,5-7,10-12,22H2,1-4H3,(H,23,25). The van der Waals surface area contributed by atoms with Gasteiger partial charge in [0.05, 0.1) is 12.2 Å². The summed E-state index contributed by atoms with van der Waals surface area (Å²) in [5.74, 6) is 0.182. The summed E-state index contributed by atoms with van der Waals surface area (Å²) in [4.78, 5) is 23.7. The molecular weight excluding hydrogens is 344 g/mol. The number of nitrogens with two attached hydrogens (primary N) is 1. The van der Waals surface area contributed by atoms with Gasteiger partial charge in [0.15, 0.2) is 0 Å². The normalized spacial score (nSPS) is 20.0. The van der Waals surface area contributed by atoms with E-state index in [1.165, 1.54) is 0 Å². The number of amides is 1. The maximum Gasteiger partial charge on any atom is 0.407 e. The van der Waals surface area contributed by atoms with Crippen molar-refractivity contribution in [2.45, 2.75) is 71.4 Å². The Balaban J connectivity index is 1.83. The van der Waals surface area contributed by atoms with Crippen LogP contribution in [0.5, 0.6) is 0 Å². The Morgan fingerprint density at radius 1 is 1.19 bits per heavy atom. The van der Waals surface area contributed by atoms with E-state index >= 15 is 0 Å². The SMILES string of the molecule is CCOC(=O)c1ccc(CC2CCC(NC(=O)OC(C)(C)C)CC2)c(N)c1. The number of ether oxygens (including phenoxy) is 2. The highest BCUT2D eigenvalue weighted by Crippen LogP contribution is 2.29. The van der Waals surface area contributed by atoms with Gasteiger partial charge in [-0.1, -0.05) is 6.07 Å². The van der Waals surface area contributed by atoms with Gasteiger partial charge in [-0.2, -0.15) is 0 Å². The monoisotopic (exact) mass is 376 g/mol. The first-order valence-corrected chi connectivity index (χ1v) is 9.73. The Hall–Kier alpha value is -2.24. The molecule has 27 heavy (non-hydrogen) atoms. The molecule has 1 amide bonds. The highest BCUT2D eigenvalue weighted by Gasteiger charge is 2.25. The molecule has 1 aromatic rings. The van der Waals surface area contributed by atoms with E-state index in [4.69, 9.17) is 15.2 Å². The zero-order chi connectivity index (χ0) is 20.0. The summed E-state index contributed by atoms with van der Waals surface area (Å²) in [5.41, 5.74) is 7.85. The van der Waals surface area contributed by atoms with E-state index in [2.05, 4.69) is 5.32 Å². The third-order valence-corrected chi connectivity index (χ3v) is 4.73. The van der Waals surface area contributed by atoms with Gasteiger partial charge in [0, 0.05) is 11.7 Å². The van der Waals surface area contributed by atoms with E-state index < -0.39 is 5.60 Å². The fourth-order valence-corrected chi connectivity index (χ4v) is 3.42. The van der Waals surface area contributed by atoms with Gasteiger partial charge in [-0.15, -0.1) is 0 Å². The summed E-state index contributed by atoms with van der Waals surface area (Å²) in [5, 5.41) is 2.97. The Labute approximate surface area is 161 Å². The minimum Gasteiger partial charge on any atom is -0.462 e. The van der Waals surface area contributed by atoms with Crippen molar-refractivity contribution in [2.24, 2.45) is 5.92 Å². The highest BCUT2D eigenvalue weighted by atomic mass is 16.6. The Kier molecular flexibility index (Phi) is 7.11. The van der Waals surface area contributed by atoms with Gasteiger partial charge < -0.3 is 20.5 Å². The molecule has 1 aliphatic carbocycles.